The SMILES string of the molecule is Cc1ccc(-c2csc3ncnc(-n4ccc(=O)c([N+](=O)[O-])c4)c23)cc1C. The maximum atomic E-state index is 11.7. The van der Waals surface area contributed by atoms with Gasteiger partial charge in [0.1, 0.15) is 17.0 Å². The maximum Gasteiger partial charge on any atom is 0.332 e. The zero-order valence-electron chi connectivity index (χ0n) is 14.5. The molecule has 0 aliphatic heterocycles. The molecule has 0 spiro atoms. The first-order valence-electron chi connectivity index (χ1n) is 8.12. The predicted octanol–water partition coefficient (Wildman–Crippen LogP) is 4.03. The lowest BCUT2D eigenvalue weighted by molar-refractivity contribution is -0.386. The van der Waals surface area contributed by atoms with Crippen LogP contribution >= 0.6 is 11.3 Å². The highest BCUT2D eigenvalue weighted by molar-refractivity contribution is 7.17. The van der Waals surface area contributed by atoms with Crippen molar-refractivity contribution < 1.29 is 4.92 Å². The number of pyridine rings is 1. The van der Waals surface area contributed by atoms with Gasteiger partial charge >= 0.3 is 5.69 Å². The van der Waals surface area contributed by atoms with Crippen molar-refractivity contribution in [2.45, 2.75) is 13.8 Å². The molecule has 0 bridgehead atoms. The minimum absolute atomic E-state index is 0.493. The van der Waals surface area contributed by atoms with Crippen LogP contribution in [0.3, 0.4) is 0 Å². The van der Waals surface area contributed by atoms with Gasteiger partial charge in [0, 0.05) is 23.2 Å². The summed E-state index contributed by atoms with van der Waals surface area (Å²) in [6.07, 6.45) is 4.10. The average Bonchev–Trinajstić information content (AvgIpc) is 3.08. The van der Waals surface area contributed by atoms with Gasteiger partial charge in [-0.25, -0.2) is 9.97 Å². The lowest BCUT2D eigenvalue weighted by atomic mass is 10.0. The molecule has 0 amide bonds. The molecule has 0 fully saturated rings. The molecule has 3 aromatic heterocycles. The van der Waals surface area contributed by atoms with Gasteiger partial charge in [-0.05, 0) is 30.5 Å². The summed E-state index contributed by atoms with van der Waals surface area (Å²) in [4.78, 5) is 31.6. The summed E-state index contributed by atoms with van der Waals surface area (Å²) in [6.45, 7) is 4.11. The Balaban J connectivity index is 1.99. The van der Waals surface area contributed by atoms with Gasteiger partial charge in [-0.15, -0.1) is 11.3 Å². The van der Waals surface area contributed by atoms with Gasteiger partial charge in [0.15, 0.2) is 0 Å². The van der Waals surface area contributed by atoms with Crippen molar-refractivity contribution in [1.29, 1.82) is 0 Å². The van der Waals surface area contributed by atoms with Crippen LogP contribution in [0.1, 0.15) is 11.1 Å². The normalized spacial score (nSPS) is 11.0. The van der Waals surface area contributed by atoms with E-state index >= 15 is 0 Å². The summed E-state index contributed by atoms with van der Waals surface area (Å²) in [7, 11) is 0. The van der Waals surface area contributed by atoms with Crippen molar-refractivity contribution in [3.63, 3.8) is 0 Å². The smallest absolute Gasteiger partial charge is 0.301 e. The third-order valence-electron chi connectivity index (χ3n) is 4.51. The summed E-state index contributed by atoms with van der Waals surface area (Å²) in [6, 6.07) is 7.37. The second kappa shape index (κ2) is 6.40. The molecule has 0 aliphatic carbocycles. The van der Waals surface area contributed by atoms with Crippen LogP contribution in [0.2, 0.25) is 0 Å². The number of nitrogens with zero attached hydrogens (tertiary/aromatic N) is 4. The number of rotatable bonds is 3. The molecule has 1 aromatic carbocycles. The highest BCUT2D eigenvalue weighted by Gasteiger charge is 2.17. The summed E-state index contributed by atoms with van der Waals surface area (Å²) >= 11 is 1.48. The largest absolute Gasteiger partial charge is 0.332 e. The van der Waals surface area contributed by atoms with Crippen molar-refractivity contribution in [1.82, 2.24) is 14.5 Å². The number of aromatic nitrogens is 3. The Morgan fingerprint density at radius 3 is 2.70 bits per heavy atom. The molecule has 0 aliphatic rings. The Labute approximate surface area is 157 Å². The highest BCUT2D eigenvalue weighted by Crippen LogP contribution is 2.36. The van der Waals surface area contributed by atoms with E-state index in [4.69, 9.17) is 0 Å². The molecule has 4 aromatic rings. The monoisotopic (exact) mass is 378 g/mol. The number of benzene rings is 1. The average molecular weight is 378 g/mol. The van der Waals surface area contributed by atoms with E-state index in [1.54, 1.807) is 0 Å². The fraction of sp³-hybridized carbons (Fsp3) is 0.105. The fourth-order valence-corrected chi connectivity index (χ4v) is 3.83. The van der Waals surface area contributed by atoms with E-state index in [2.05, 4.69) is 35.9 Å². The van der Waals surface area contributed by atoms with Gasteiger partial charge in [0.05, 0.1) is 16.5 Å². The van der Waals surface area contributed by atoms with Gasteiger partial charge in [-0.2, -0.15) is 0 Å². The number of nitro groups is 1. The van der Waals surface area contributed by atoms with Crippen molar-refractivity contribution >= 4 is 27.2 Å². The van der Waals surface area contributed by atoms with Crippen molar-refractivity contribution in [3.8, 4) is 16.9 Å². The van der Waals surface area contributed by atoms with Gasteiger partial charge < -0.3 is 4.57 Å². The van der Waals surface area contributed by atoms with Gasteiger partial charge in [-0.1, -0.05) is 18.2 Å². The van der Waals surface area contributed by atoms with Gasteiger partial charge in [0.2, 0.25) is 0 Å². The van der Waals surface area contributed by atoms with E-state index in [1.807, 2.05) is 11.4 Å². The fourth-order valence-electron chi connectivity index (χ4n) is 2.92. The van der Waals surface area contributed by atoms with Crippen LogP contribution in [0.5, 0.6) is 0 Å². The quantitative estimate of drug-likeness (QED) is 0.396. The van der Waals surface area contributed by atoms with Crippen LogP contribution in [-0.4, -0.2) is 19.5 Å². The first-order valence-corrected chi connectivity index (χ1v) is 9.00. The van der Waals surface area contributed by atoms with Crippen molar-refractivity contribution in [3.05, 3.63) is 79.8 Å². The number of hydrogen-bond acceptors (Lipinski definition) is 6. The maximum absolute atomic E-state index is 11.7. The number of aryl methyl sites for hydroxylation is 2. The third kappa shape index (κ3) is 2.89. The van der Waals surface area contributed by atoms with Crippen molar-refractivity contribution in [2.75, 3.05) is 0 Å². The standard InChI is InChI=1S/C19H14N4O3S/c1-11-3-4-13(7-12(11)2)14-9-27-19-17(14)18(20-10-21-19)22-6-5-16(24)15(8-22)23(25)26/h3-10H,1-2H3. The summed E-state index contributed by atoms with van der Waals surface area (Å²) in [5.74, 6) is 0.498. The van der Waals surface area contributed by atoms with Crippen LogP contribution in [0.4, 0.5) is 5.69 Å². The van der Waals surface area contributed by atoms with E-state index in [0.29, 0.717) is 5.82 Å². The van der Waals surface area contributed by atoms with Gasteiger partial charge in [-0.3, -0.25) is 14.9 Å². The molecule has 0 N–H and O–H groups in total. The van der Waals surface area contributed by atoms with Crippen LogP contribution in [0.15, 0.2) is 53.2 Å². The summed E-state index contributed by atoms with van der Waals surface area (Å²) in [5, 5.41) is 13.9. The van der Waals surface area contributed by atoms with Gasteiger partial charge in [0.25, 0.3) is 5.43 Å². The lowest BCUT2D eigenvalue weighted by Crippen LogP contribution is -2.11. The molecule has 8 heteroatoms. The minimum atomic E-state index is -0.685. The predicted molar refractivity (Wildman–Crippen MR) is 105 cm³/mol. The van der Waals surface area contributed by atoms with Crippen LogP contribution in [-0.2, 0) is 0 Å². The van der Waals surface area contributed by atoms with E-state index in [-0.39, 0.29) is 0 Å². The van der Waals surface area contributed by atoms with E-state index in [0.717, 1.165) is 21.3 Å². The van der Waals surface area contributed by atoms with Crippen LogP contribution in [0.25, 0.3) is 27.2 Å². The number of fused-ring (bicyclic) bond motifs is 1. The minimum Gasteiger partial charge on any atom is -0.301 e. The molecule has 4 rings (SSSR count). The number of hydrogen-bond donors (Lipinski definition) is 0. The molecule has 0 radical (unpaired) electrons. The Hall–Kier alpha value is -3.39. The van der Waals surface area contributed by atoms with E-state index in [9.17, 15) is 14.9 Å². The summed E-state index contributed by atoms with van der Waals surface area (Å²) < 4.78 is 1.50. The Morgan fingerprint density at radius 2 is 1.96 bits per heavy atom. The van der Waals surface area contributed by atoms with Crippen molar-refractivity contribution in [2.24, 2.45) is 0 Å². The second-order valence-electron chi connectivity index (χ2n) is 6.18. The zero-order chi connectivity index (χ0) is 19.1. The zero-order valence-corrected chi connectivity index (χ0v) is 15.4. The summed E-state index contributed by atoms with van der Waals surface area (Å²) in [5.41, 5.74) is 3.22. The third-order valence-corrected chi connectivity index (χ3v) is 5.40. The van der Waals surface area contributed by atoms with Crippen LogP contribution < -0.4 is 5.43 Å². The Kier molecular flexibility index (Phi) is 4.04. The highest BCUT2D eigenvalue weighted by atomic mass is 32.1. The molecule has 0 saturated carbocycles. The number of thiophene rings is 1. The molecule has 3 heterocycles. The van der Waals surface area contributed by atoms with E-state index < -0.39 is 16.0 Å². The first-order chi connectivity index (χ1) is 13.0. The molecule has 27 heavy (non-hydrogen) atoms. The molecular weight excluding hydrogens is 364 g/mol. The molecule has 0 atom stereocenters. The molecule has 7 nitrogen and oxygen atoms in total. The second-order valence-corrected chi connectivity index (χ2v) is 7.04. The molecule has 0 unspecified atom stereocenters. The first kappa shape index (κ1) is 17.0. The Bertz CT molecular complexity index is 1260. The van der Waals surface area contributed by atoms with Crippen LogP contribution in [0, 0.1) is 24.0 Å². The topological polar surface area (TPSA) is 90.9 Å². The Morgan fingerprint density at radius 1 is 1.15 bits per heavy atom. The van der Waals surface area contributed by atoms with E-state index in [1.165, 1.54) is 51.8 Å². The molecule has 0 saturated heterocycles. The molecular formula is C19H14N4O3S. The molecule has 134 valence electrons. The lowest BCUT2D eigenvalue weighted by Gasteiger charge is -2.09.